The van der Waals surface area contributed by atoms with E-state index < -0.39 is 23.3 Å². The lowest BCUT2D eigenvalue weighted by Crippen LogP contribution is -2.40. The van der Waals surface area contributed by atoms with Gasteiger partial charge in [0.15, 0.2) is 0 Å². The van der Waals surface area contributed by atoms with Crippen molar-refractivity contribution in [2.24, 2.45) is 5.41 Å². The number of ether oxygens (including phenoxy) is 1. The SMILES string of the molecule is CC(NC(=O)c1ccc(NC(=O)C2(C)CCCOC2)cc1)C(=O)O. The summed E-state index contributed by atoms with van der Waals surface area (Å²) >= 11 is 0. The zero-order valence-electron chi connectivity index (χ0n) is 13.8. The number of amides is 2. The molecule has 0 aliphatic carbocycles. The van der Waals surface area contributed by atoms with E-state index in [-0.39, 0.29) is 5.91 Å². The molecule has 0 spiro atoms. The van der Waals surface area contributed by atoms with Crippen molar-refractivity contribution in [1.82, 2.24) is 5.32 Å². The van der Waals surface area contributed by atoms with Crippen LogP contribution in [-0.2, 0) is 14.3 Å². The molecule has 1 fully saturated rings. The van der Waals surface area contributed by atoms with Crippen molar-refractivity contribution in [2.45, 2.75) is 32.7 Å². The molecule has 1 aliphatic heterocycles. The normalized spacial score (nSPS) is 21.6. The highest BCUT2D eigenvalue weighted by Crippen LogP contribution is 2.29. The number of carboxylic acids is 1. The fourth-order valence-electron chi connectivity index (χ4n) is 2.44. The lowest BCUT2D eigenvalue weighted by Gasteiger charge is -2.31. The lowest BCUT2D eigenvalue weighted by molar-refractivity contribution is -0.138. The Labute approximate surface area is 140 Å². The van der Waals surface area contributed by atoms with Crippen LogP contribution >= 0.6 is 0 Å². The molecule has 7 nitrogen and oxygen atoms in total. The number of carbonyl (C=O) groups excluding carboxylic acids is 2. The van der Waals surface area contributed by atoms with Crippen LogP contribution in [0, 0.1) is 5.41 Å². The van der Waals surface area contributed by atoms with Gasteiger partial charge in [-0.1, -0.05) is 0 Å². The lowest BCUT2D eigenvalue weighted by atomic mass is 9.84. The molecular weight excluding hydrogens is 312 g/mol. The van der Waals surface area contributed by atoms with Gasteiger partial charge in [0.1, 0.15) is 6.04 Å². The fraction of sp³-hybridized carbons (Fsp3) is 0.471. The van der Waals surface area contributed by atoms with Crippen molar-refractivity contribution < 1.29 is 24.2 Å². The Balaban J connectivity index is 1.97. The summed E-state index contributed by atoms with van der Waals surface area (Å²) in [4.78, 5) is 35.1. The van der Waals surface area contributed by atoms with Gasteiger partial charge in [-0.3, -0.25) is 14.4 Å². The third-order valence-corrected chi connectivity index (χ3v) is 4.11. The summed E-state index contributed by atoms with van der Waals surface area (Å²) in [5, 5.41) is 14.0. The first kappa shape index (κ1) is 17.9. The second-order valence-electron chi connectivity index (χ2n) is 6.28. The minimum absolute atomic E-state index is 0.112. The highest BCUT2D eigenvalue weighted by Gasteiger charge is 2.35. The van der Waals surface area contributed by atoms with E-state index >= 15 is 0 Å². The van der Waals surface area contributed by atoms with E-state index in [1.165, 1.54) is 6.92 Å². The summed E-state index contributed by atoms with van der Waals surface area (Å²) in [6.45, 7) is 4.34. The van der Waals surface area contributed by atoms with Crippen molar-refractivity contribution in [3.63, 3.8) is 0 Å². The topological polar surface area (TPSA) is 105 Å². The summed E-state index contributed by atoms with van der Waals surface area (Å²) in [7, 11) is 0. The van der Waals surface area contributed by atoms with E-state index in [0.717, 1.165) is 12.8 Å². The number of carboxylic acid groups (broad SMARTS) is 1. The summed E-state index contributed by atoms with van der Waals surface area (Å²) < 4.78 is 5.39. The van der Waals surface area contributed by atoms with Gasteiger partial charge in [0.25, 0.3) is 5.91 Å². The van der Waals surface area contributed by atoms with Crippen LogP contribution in [0.15, 0.2) is 24.3 Å². The first-order valence-electron chi connectivity index (χ1n) is 7.85. The number of rotatable bonds is 5. The molecule has 2 unspecified atom stereocenters. The molecule has 0 bridgehead atoms. The minimum Gasteiger partial charge on any atom is -0.480 e. The molecule has 7 heteroatoms. The third-order valence-electron chi connectivity index (χ3n) is 4.11. The second kappa shape index (κ2) is 7.44. The van der Waals surface area contributed by atoms with Crippen LogP contribution in [0.4, 0.5) is 5.69 Å². The van der Waals surface area contributed by atoms with Crippen LogP contribution in [-0.4, -0.2) is 42.1 Å². The molecule has 2 rings (SSSR count). The zero-order chi connectivity index (χ0) is 17.7. The monoisotopic (exact) mass is 334 g/mol. The summed E-state index contributed by atoms with van der Waals surface area (Å²) in [5.74, 6) is -1.69. The molecule has 2 amide bonds. The maximum atomic E-state index is 12.4. The van der Waals surface area contributed by atoms with Crippen molar-refractivity contribution in [2.75, 3.05) is 18.5 Å². The minimum atomic E-state index is -1.10. The Bertz CT molecular complexity index is 620. The van der Waals surface area contributed by atoms with E-state index in [2.05, 4.69) is 10.6 Å². The maximum Gasteiger partial charge on any atom is 0.325 e. The van der Waals surface area contributed by atoms with Crippen molar-refractivity contribution >= 4 is 23.5 Å². The first-order chi connectivity index (χ1) is 11.3. The van der Waals surface area contributed by atoms with Crippen LogP contribution in [0.2, 0.25) is 0 Å². The van der Waals surface area contributed by atoms with Gasteiger partial charge in [-0.05, 0) is 51.0 Å². The molecule has 1 heterocycles. The number of hydrogen-bond acceptors (Lipinski definition) is 4. The number of aliphatic carboxylic acids is 1. The van der Waals surface area contributed by atoms with Gasteiger partial charge in [-0.15, -0.1) is 0 Å². The van der Waals surface area contributed by atoms with Crippen LogP contribution in [0.1, 0.15) is 37.0 Å². The number of hydrogen-bond donors (Lipinski definition) is 3. The Morgan fingerprint density at radius 3 is 2.46 bits per heavy atom. The van der Waals surface area contributed by atoms with E-state index in [9.17, 15) is 14.4 Å². The van der Waals surface area contributed by atoms with Gasteiger partial charge in [0.05, 0.1) is 12.0 Å². The molecule has 3 N–H and O–H groups in total. The van der Waals surface area contributed by atoms with Gasteiger partial charge in [0, 0.05) is 17.9 Å². The van der Waals surface area contributed by atoms with E-state index in [1.54, 1.807) is 24.3 Å². The second-order valence-corrected chi connectivity index (χ2v) is 6.28. The Morgan fingerprint density at radius 1 is 1.25 bits per heavy atom. The standard InChI is InChI=1S/C17H22N2O5/c1-11(15(21)22)18-14(20)12-4-6-13(7-5-12)19-16(23)17(2)8-3-9-24-10-17/h4-7,11H,3,8-10H2,1-2H3,(H,18,20)(H,19,23)(H,21,22). The van der Waals surface area contributed by atoms with Gasteiger partial charge in [-0.25, -0.2) is 0 Å². The summed E-state index contributed by atoms with van der Waals surface area (Å²) in [6, 6.07) is 5.35. The van der Waals surface area contributed by atoms with Crippen molar-refractivity contribution in [3.05, 3.63) is 29.8 Å². The average molecular weight is 334 g/mol. The number of nitrogens with one attached hydrogen (secondary N) is 2. The van der Waals surface area contributed by atoms with Crippen LogP contribution in [0.25, 0.3) is 0 Å². The van der Waals surface area contributed by atoms with E-state index in [1.807, 2.05) is 6.92 Å². The molecule has 1 aliphatic rings. The molecule has 0 radical (unpaired) electrons. The summed E-state index contributed by atoms with van der Waals surface area (Å²) in [5.41, 5.74) is 0.355. The maximum absolute atomic E-state index is 12.4. The van der Waals surface area contributed by atoms with E-state index in [4.69, 9.17) is 9.84 Å². The number of benzene rings is 1. The Morgan fingerprint density at radius 2 is 1.92 bits per heavy atom. The highest BCUT2D eigenvalue weighted by atomic mass is 16.5. The van der Waals surface area contributed by atoms with Crippen LogP contribution in [0.5, 0.6) is 0 Å². The predicted octanol–water partition coefficient (Wildman–Crippen LogP) is 1.64. The van der Waals surface area contributed by atoms with Crippen molar-refractivity contribution in [1.29, 1.82) is 0 Å². The van der Waals surface area contributed by atoms with Gasteiger partial charge >= 0.3 is 5.97 Å². The Kier molecular flexibility index (Phi) is 5.56. The molecule has 0 saturated carbocycles. The van der Waals surface area contributed by atoms with Gasteiger partial charge < -0.3 is 20.5 Å². The predicted molar refractivity (Wildman–Crippen MR) is 87.8 cm³/mol. The average Bonchev–Trinajstić information content (AvgIpc) is 2.56. The molecule has 130 valence electrons. The van der Waals surface area contributed by atoms with Crippen LogP contribution in [0.3, 0.4) is 0 Å². The largest absolute Gasteiger partial charge is 0.480 e. The molecule has 1 aromatic rings. The number of carbonyl (C=O) groups is 3. The zero-order valence-corrected chi connectivity index (χ0v) is 13.8. The summed E-state index contributed by atoms with van der Waals surface area (Å²) in [6.07, 6.45) is 1.62. The smallest absolute Gasteiger partial charge is 0.325 e. The van der Waals surface area contributed by atoms with Crippen LogP contribution < -0.4 is 10.6 Å². The highest BCUT2D eigenvalue weighted by molar-refractivity contribution is 5.98. The first-order valence-corrected chi connectivity index (χ1v) is 7.85. The van der Waals surface area contributed by atoms with Gasteiger partial charge in [0.2, 0.25) is 5.91 Å². The third kappa shape index (κ3) is 4.32. The molecule has 0 aromatic heterocycles. The number of anilines is 1. The van der Waals surface area contributed by atoms with Crippen molar-refractivity contribution in [3.8, 4) is 0 Å². The molecule has 1 aromatic carbocycles. The Hall–Kier alpha value is -2.41. The molecule has 24 heavy (non-hydrogen) atoms. The molecule has 1 saturated heterocycles. The quantitative estimate of drug-likeness (QED) is 0.759. The van der Waals surface area contributed by atoms with E-state index in [0.29, 0.717) is 24.5 Å². The van der Waals surface area contributed by atoms with Gasteiger partial charge in [-0.2, -0.15) is 0 Å². The fourth-order valence-corrected chi connectivity index (χ4v) is 2.44. The molecule has 2 atom stereocenters. The molecular formula is C17H22N2O5.